The molecule has 1 heterocycles. The molecule has 102 valence electrons. The van der Waals surface area contributed by atoms with Crippen LogP contribution < -0.4 is 10.2 Å². The third-order valence-electron chi connectivity index (χ3n) is 3.72. The molecule has 1 aliphatic heterocycles. The molecule has 0 radical (unpaired) electrons. The largest absolute Gasteiger partial charge is 0.371 e. The second-order valence-corrected chi connectivity index (χ2v) is 5.87. The Bertz CT molecular complexity index is 459. The molecule has 2 rings (SSSR count). The van der Waals surface area contributed by atoms with Crippen LogP contribution in [-0.4, -0.2) is 26.2 Å². The lowest BCUT2D eigenvalue weighted by Gasteiger charge is -2.34. The summed E-state index contributed by atoms with van der Waals surface area (Å²) in [7, 11) is 0. The lowest BCUT2D eigenvalue weighted by Crippen LogP contribution is -2.37. The van der Waals surface area contributed by atoms with Crippen LogP contribution in [0.3, 0.4) is 0 Å². The van der Waals surface area contributed by atoms with Crippen LogP contribution in [0, 0.1) is 17.2 Å². The van der Waals surface area contributed by atoms with Crippen molar-refractivity contribution in [2.24, 2.45) is 5.92 Å². The van der Waals surface area contributed by atoms with Gasteiger partial charge >= 0.3 is 0 Å². The number of piperidine rings is 1. The van der Waals surface area contributed by atoms with Gasteiger partial charge in [-0.3, -0.25) is 0 Å². The number of nitrogens with one attached hydrogen (secondary N) is 1. The first-order chi connectivity index (χ1) is 9.24. The van der Waals surface area contributed by atoms with Crippen LogP contribution >= 0.6 is 15.9 Å². The van der Waals surface area contributed by atoms with Gasteiger partial charge in [0.15, 0.2) is 0 Å². The Hall–Kier alpha value is -1.05. The van der Waals surface area contributed by atoms with Crippen molar-refractivity contribution in [2.45, 2.75) is 19.8 Å². The van der Waals surface area contributed by atoms with Gasteiger partial charge in [0.05, 0.1) is 17.3 Å². The fraction of sp³-hybridized carbons (Fsp3) is 0.533. The lowest BCUT2D eigenvalue weighted by atomic mass is 9.96. The first kappa shape index (κ1) is 14.4. The maximum absolute atomic E-state index is 8.89. The summed E-state index contributed by atoms with van der Waals surface area (Å²) in [6, 6.07) is 8.02. The van der Waals surface area contributed by atoms with Crippen molar-refractivity contribution in [3.8, 4) is 6.07 Å². The van der Waals surface area contributed by atoms with Gasteiger partial charge < -0.3 is 10.2 Å². The molecule has 1 saturated heterocycles. The van der Waals surface area contributed by atoms with Gasteiger partial charge in [-0.15, -0.1) is 0 Å². The smallest absolute Gasteiger partial charge is 0.0992 e. The van der Waals surface area contributed by atoms with E-state index in [9.17, 15) is 0 Å². The van der Waals surface area contributed by atoms with Crippen LogP contribution in [0.25, 0.3) is 0 Å². The van der Waals surface area contributed by atoms with Crippen molar-refractivity contribution >= 4 is 21.6 Å². The topological polar surface area (TPSA) is 39.1 Å². The van der Waals surface area contributed by atoms with Crippen LogP contribution in [0.1, 0.15) is 25.3 Å². The summed E-state index contributed by atoms with van der Waals surface area (Å²) >= 11 is 3.58. The van der Waals surface area contributed by atoms with Gasteiger partial charge in [-0.05, 0) is 66.0 Å². The van der Waals surface area contributed by atoms with E-state index < -0.39 is 0 Å². The lowest BCUT2D eigenvalue weighted by molar-refractivity contribution is 0.386. The fourth-order valence-corrected chi connectivity index (χ4v) is 3.19. The molecule has 19 heavy (non-hydrogen) atoms. The van der Waals surface area contributed by atoms with Crippen LogP contribution in [0.4, 0.5) is 5.69 Å². The third-order valence-corrected chi connectivity index (χ3v) is 4.35. The number of halogens is 1. The van der Waals surface area contributed by atoms with Crippen molar-refractivity contribution in [2.75, 3.05) is 31.1 Å². The molecule has 1 N–H and O–H groups in total. The molecule has 0 atom stereocenters. The Labute approximate surface area is 123 Å². The van der Waals surface area contributed by atoms with Crippen molar-refractivity contribution in [1.29, 1.82) is 5.26 Å². The highest BCUT2D eigenvalue weighted by Crippen LogP contribution is 2.30. The second-order valence-electron chi connectivity index (χ2n) is 5.02. The monoisotopic (exact) mass is 321 g/mol. The van der Waals surface area contributed by atoms with E-state index in [0.717, 1.165) is 36.6 Å². The molecule has 4 heteroatoms. The van der Waals surface area contributed by atoms with Crippen LogP contribution in [-0.2, 0) is 0 Å². The Morgan fingerprint density at radius 1 is 1.42 bits per heavy atom. The molecule has 0 aliphatic carbocycles. The van der Waals surface area contributed by atoms with Gasteiger partial charge in [0.2, 0.25) is 0 Å². The zero-order chi connectivity index (χ0) is 13.7. The zero-order valence-electron chi connectivity index (χ0n) is 11.3. The summed E-state index contributed by atoms with van der Waals surface area (Å²) in [5, 5.41) is 12.3. The molecular weight excluding hydrogens is 302 g/mol. The highest BCUT2D eigenvalue weighted by molar-refractivity contribution is 9.10. The number of hydrogen-bond acceptors (Lipinski definition) is 3. The van der Waals surface area contributed by atoms with E-state index in [1.807, 2.05) is 18.2 Å². The van der Waals surface area contributed by atoms with Gasteiger partial charge in [-0.25, -0.2) is 0 Å². The molecule has 0 aromatic heterocycles. The van der Waals surface area contributed by atoms with Crippen molar-refractivity contribution in [3.63, 3.8) is 0 Å². The fourth-order valence-electron chi connectivity index (χ4n) is 2.56. The van der Waals surface area contributed by atoms with E-state index in [2.05, 4.69) is 39.1 Å². The first-order valence-electron chi connectivity index (χ1n) is 6.90. The molecule has 0 spiro atoms. The number of nitrogens with zero attached hydrogens (tertiary/aromatic N) is 2. The maximum Gasteiger partial charge on any atom is 0.0992 e. The number of nitriles is 1. The van der Waals surface area contributed by atoms with E-state index in [-0.39, 0.29) is 0 Å². The highest BCUT2D eigenvalue weighted by atomic mass is 79.9. The van der Waals surface area contributed by atoms with Crippen molar-refractivity contribution < 1.29 is 0 Å². The summed E-state index contributed by atoms with van der Waals surface area (Å²) in [6.07, 6.45) is 2.47. The molecule has 1 aromatic rings. The van der Waals surface area contributed by atoms with E-state index in [0.29, 0.717) is 5.56 Å². The average Bonchev–Trinajstić information content (AvgIpc) is 2.45. The van der Waals surface area contributed by atoms with Gasteiger partial charge in [0.25, 0.3) is 0 Å². The minimum atomic E-state index is 0.706. The molecule has 1 fully saturated rings. The van der Waals surface area contributed by atoms with Gasteiger partial charge in [0, 0.05) is 17.6 Å². The van der Waals surface area contributed by atoms with E-state index in [1.165, 1.54) is 18.5 Å². The van der Waals surface area contributed by atoms with Crippen molar-refractivity contribution in [1.82, 2.24) is 5.32 Å². The SMILES string of the molecule is CCNCC1CCN(c2ccc(C#N)cc2Br)CC1. The Balaban J connectivity index is 1.96. The molecule has 0 unspecified atom stereocenters. The first-order valence-corrected chi connectivity index (χ1v) is 7.69. The number of benzene rings is 1. The van der Waals surface area contributed by atoms with Crippen LogP contribution in [0.5, 0.6) is 0 Å². The number of hydrogen-bond donors (Lipinski definition) is 1. The van der Waals surface area contributed by atoms with Gasteiger partial charge in [-0.2, -0.15) is 5.26 Å². The summed E-state index contributed by atoms with van der Waals surface area (Å²) in [5.74, 6) is 0.799. The predicted octanol–water partition coefficient (Wildman–Crippen LogP) is 3.15. The van der Waals surface area contributed by atoms with Crippen LogP contribution in [0.2, 0.25) is 0 Å². The van der Waals surface area contributed by atoms with Gasteiger partial charge in [0.1, 0.15) is 0 Å². The minimum Gasteiger partial charge on any atom is -0.371 e. The molecule has 1 aliphatic rings. The molecule has 0 bridgehead atoms. The summed E-state index contributed by atoms with van der Waals surface area (Å²) in [6.45, 7) is 6.55. The van der Waals surface area contributed by atoms with E-state index in [1.54, 1.807) is 0 Å². The normalized spacial score (nSPS) is 16.4. The molecule has 0 amide bonds. The standard InChI is InChI=1S/C15H20BrN3/c1-2-18-11-12-5-7-19(8-6-12)15-4-3-13(10-17)9-14(15)16/h3-4,9,12,18H,2,5-8,11H2,1H3. The Morgan fingerprint density at radius 3 is 2.74 bits per heavy atom. The Kier molecular flexibility index (Phi) is 5.24. The maximum atomic E-state index is 8.89. The number of rotatable bonds is 4. The zero-order valence-corrected chi connectivity index (χ0v) is 12.9. The molecule has 1 aromatic carbocycles. The number of anilines is 1. The highest BCUT2D eigenvalue weighted by Gasteiger charge is 2.20. The summed E-state index contributed by atoms with van der Waals surface area (Å²) in [4.78, 5) is 2.41. The summed E-state index contributed by atoms with van der Waals surface area (Å²) < 4.78 is 1.02. The van der Waals surface area contributed by atoms with E-state index >= 15 is 0 Å². The molecular formula is C15H20BrN3. The predicted molar refractivity (Wildman–Crippen MR) is 82.3 cm³/mol. The van der Waals surface area contributed by atoms with Crippen molar-refractivity contribution in [3.05, 3.63) is 28.2 Å². The van der Waals surface area contributed by atoms with E-state index in [4.69, 9.17) is 5.26 Å². The van der Waals surface area contributed by atoms with Gasteiger partial charge in [-0.1, -0.05) is 6.92 Å². The quantitative estimate of drug-likeness (QED) is 0.925. The Morgan fingerprint density at radius 2 is 2.16 bits per heavy atom. The summed E-state index contributed by atoms with van der Waals surface area (Å²) in [5.41, 5.74) is 1.92. The molecule has 3 nitrogen and oxygen atoms in total. The van der Waals surface area contributed by atoms with Crippen LogP contribution in [0.15, 0.2) is 22.7 Å². The molecule has 0 saturated carbocycles. The second kappa shape index (κ2) is 6.93. The third kappa shape index (κ3) is 3.71. The average molecular weight is 322 g/mol. The minimum absolute atomic E-state index is 0.706.